The first-order chi connectivity index (χ1) is 10.2. The largest absolute Gasteiger partial charge is 0.383 e. The van der Waals surface area contributed by atoms with Gasteiger partial charge in [-0.1, -0.05) is 0 Å². The van der Waals surface area contributed by atoms with Gasteiger partial charge in [0.25, 0.3) is 0 Å². The Balaban J connectivity index is 0.00000242. The molecule has 2 N–H and O–H groups in total. The van der Waals surface area contributed by atoms with Crippen LogP contribution in [0.5, 0.6) is 0 Å². The molecule has 0 radical (unpaired) electrons. The number of aromatic nitrogens is 1. The third kappa shape index (κ3) is 4.31. The monoisotopic (exact) mass is 325 g/mol. The van der Waals surface area contributed by atoms with E-state index < -0.39 is 6.04 Å². The van der Waals surface area contributed by atoms with Crippen molar-refractivity contribution in [2.24, 2.45) is 5.73 Å². The van der Waals surface area contributed by atoms with E-state index in [1.54, 1.807) is 23.2 Å². The number of nitrogens with zero attached hydrogens (tertiary/aromatic N) is 4. The summed E-state index contributed by atoms with van der Waals surface area (Å²) in [6.45, 7) is 2.76. The summed E-state index contributed by atoms with van der Waals surface area (Å²) in [5, 5.41) is 8.91. The summed E-state index contributed by atoms with van der Waals surface area (Å²) in [7, 11) is 1.53. The van der Waals surface area contributed by atoms with Gasteiger partial charge < -0.3 is 20.3 Å². The van der Waals surface area contributed by atoms with Crippen molar-refractivity contribution in [3.8, 4) is 6.07 Å². The van der Waals surface area contributed by atoms with Crippen LogP contribution in [0.4, 0.5) is 5.82 Å². The molecule has 0 bridgehead atoms. The maximum Gasteiger partial charge on any atom is 0.241 e. The van der Waals surface area contributed by atoms with E-state index in [0.717, 1.165) is 5.82 Å². The normalized spacial score (nSPS) is 15.7. The maximum atomic E-state index is 12.1. The number of hydrogen-bond acceptors (Lipinski definition) is 6. The molecule has 120 valence electrons. The lowest BCUT2D eigenvalue weighted by Gasteiger charge is -2.36. The second-order valence-electron chi connectivity index (χ2n) is 4.89. The molecule has 1 atom stereocenters. The molecule has 7 nitrogen and oxygen atoms in total. The van der Waals surface area contributed by atoms with Crippen LogP contribution in [0.2, 0.25) is 0 Å². The van der Waals surface area contributed by atoms with Crippen LogP contribution >= 0.6 is 12.4 Å². The van der Waals surface area contributed by atoms with Gasteiger partial charge in [-0.2, -0.15) is 5.26 Å². The van der Waals surface area contributed by atoms with E-state index in [0.29, 0.717) is 31.7 Å². The van der Waals surface area contributed by atoms with E-state index >= 15 is 0 Å². The Morgan fingerprint density at radius 1 is 1.50 bits per heavy atom. The number of rotatable bonds is 4. The highest BCUT2D eigenvalue weighted by molar-refractivity contribution is 5.85. The number of nitriles is 1. The Labute approximate surface area is 136 Å². The molecule has 8 heteroatoms. The molecule has 1 aliphatic heterocycles. The maximum absolute atomic E-state index is 12.1. The number of ether oxygens (including phenoxy) is 1. The molecule has 1 aliphatic rings. The Morgan fingerprint density at radius 2 is 2.18 bits per heavy atom. The molecule has 1 unspecified atom stereocenters. The number of carbonyl (C=O) groups excluding carboxylic acids is 1. The summed E-state index contributed by atoms with van der Waals surface area (Å²) in [6.07, 6.45) is 1.62. The fraction of sp³-hybridized carbons (Fsp3) is 0.500. The zero-order valence-corrected chi connectivity index (χ0v) is 13.3. The minimum atomic E-state index is -0.610. The number of piperazine rings is 1. The minimum absolute atomic E-state index is 0. The third-order valence-corrected chi connectivity index (χ3v) is 3.45. The van der Waals surface area contributed by atoms with Gasteiger partial charge >= 0.3 is 0 Å². The number of amides is 1. The molecule has 0 aromatic carbocycles. The highest BCUT2D eigenvalue weighted by Crippen LogP contribution is 2.15. The molecule has 1 saturated heterocycles. The number of hydrogen-bond donors (Lipinski definition) is 1. The number of nitrogens with two attached hydrogens (primary N) is 1. The van der Waals surface area contributed by atoms with Crippen molar-refractivity contribution in [2.75, 3.05) is 44.8 Å². The standard InChI is InChI=1S/C14H19N5O2.ClH/c1-21-10-12(16)14(20)19-6-4-18(5-7-19)13-8-11(9-15)2-3-17-13;/h2-3,8,12H,4-7,10,16H2,1H3;1H. The number of halogens is 1. The lowest BCUT2D eigenvalue weighted by Crippen LogP contribution is -2.54. The molecule has 1 amide bonds. The molecule has 1 fully saturated rings. The van der Waals surface area contributed by atoms with Crippen LogP contribution < -0.4 is 10.6 Å². The molecule has 1 aromatic heterocycles. The number of anilines is 1. The SMILES string of the molecule is COCC(N)C(=O)N1CCN(c2cc(C#N)ccn2)CC1.Cl. The first kappa shape index (κ1) is 18.2. The van der Waals surface area contributed by atoms with Crippen LogP contribution in [0.1, 0.15) is 5.56 Å². The number of pyridine rings is 1. The second-order valence-corrected chi connectivity index (χ2v) is 4.89. The van der Waals surface area contributed by atoms with E-state index in [1.807, 2.05) is 0 Å². The summed E-state index contributed by atoms with van der Waals surface area (Å²) in [4.78, 5) is 20.2. The fourth-order valence-electron chi connectivity index (χ4n) is 2.30. The van der Waals surface area contributed by atoms with E-state index in [4.69, 9.17) is 15.7 Å². The van der Waals surface area contributed by atoms with Crippen molar-refractivity contribution in [1.82, 2.24) is 9.88 Å². The van der Waals surface area contributed by atoms with Gasteiger partial charge in [0.1, 0.15) is 11.9 Å². The van der Waals surface area contributed by atoms with Crippen LogP contribution in [-0.4, -0.2) is 61.7 Å². The topological polar surface area (TPSA) is 95.5 Å². The van der Waals surface area contributed by atoms with Gasteiger partial charge in [0, 0.05) is 39.5 Å². The Kier molecular flexibility index (Phi) is 7.05. The lowest BCUT2D eigenvalue weighted by molar-refractivity contribution is -0.134. The van der Waals surface area contributed by atoms with Gasteiger partial charge in [-0.05, 0) is 12.1 Å². The van der Waals surface area contributed by atoms with Crippen molar-refractivity contribution in [2.45, 2.75) is 6.04 Å². The second kappa shape index (κ2) is 8.54. The van der Waals surface area contributed by atoms with Crippen molar-refractivity contribution in [1.29, 1.82) is 5.26 Å². The average Bonchev–Trinajstić information content (AvgIpc) is 2.54. The predicted octanol–water partition coefficient (Wildman–Crippen LogP) is -0.00262. The van der Waals surface area contributed by atoms with Gasteiger partial charge in [-0.3, -0.25) is 4.79 Å². The molecule has 1 aromatic rings. The fourth-order valence-corrected chi connectivity index (χ4v) is 2.30. The molecule has 2 heterocycles. The van der Waals surface area contributed by atoms with Crippen LogP contribution in [0, 0.1) is 11.3 Å². The third-order valence-electron chi connectivity index (χ3n) is 3.45. The lowest BCUT2D eigenvalue weighted by atomic mass is 10.2. The summed E-state index contributed by atoms with van der Waals surface area (Å²) in [6, 6.07) is 4.92. The highest BCUT2D eigenvalue weighted by atomic mass is 35.5. The summed E-state index contributed by atoms with van der Waals surface area (Å²) < 4.78 is 4.91. The van der Waals surface area contributed by atoms with Gasteiger partial charge in [0.05, 0.1) is 18.2 Å². The van der Waals surface area contributed by atoms with Crippen molar-refractivity contribution in [3.63, 3.8) is 0 Å². The van der Waals surface area contributed by atoms with E-state index in [-0.39, 0.29) is 24.9 Å². The molecular formula is C14H20ClN5O2. The molecule has 0 aliphatic carbocycles. The molecule has 0 saturated carbocycles. The summed E-state index contributed by atoms with van der Waals surface area (Å²) >= 11 is 0. The Hall–Kier alpha value is -1.88. The zero-order valence-electron chi connectivity index (χ0n) is 12.4. The van der Waals surface area contributed by atoms with Gasteiger partial charge in [-0.15, -0.1) is 12.4 Å². The van der Waals surface area contributed by atoms with E-state index in [2.05, 4.69) is 16.0 Å². The van der Waals surface area contributed by atoms with E-state index in [9.17, 15) is 4.79 Å². The van der Waals surface area contributed by atoms with Crippen LogP contribution in [0.25, 0.3) is 0 Å². The molecule has 22 heavy (non-hydrogen) atoms. The Morgan fingerprint density at radius 3 is 2.77 bits per heavy atom. The summed E-state index contributed by atoms with van der Waals surface area (Å²) in [5.41, 5.74) is 6.35. The smallest absolute Gasteiger partial charge is 0.241 e. The first-order valence-electron chi connectivity index (χ1n) is 6.80. The van der Waals surface area contributed by atoms with E-state index in [1.165, 1.54) is 7.11 Å². The van der Waals surface area contributed by atoms with Crippen molar-refractivity contribution in [3.05, 3.63) is 23.9 Å². The predicted molar refractivity (Wildman–Crippen MR) is 84.8 cm³/mol. The van der Waals surface area contributed by atoms with Crippen LogP contribution in [-0.2, 0) is 9.53 Å². The van der Waals surface area contributed by atoms with Crippen molar-refractivity contribution >= 4 is 24.1 Å². The van der Waals surface area contributed by atoms with Crippen LogP contribution in [0.15, 0.2) is 18.3 Å². The average molecular weight is 326 g/mol. The quantitative estimate of drug-likeness (QED) is 0.837. The first-order valence-corrected chi connectivity index (χ1v) is 6.80. The minimum Gasteiger partial charge on any atom is -0.383 e. The Bertz CT molecular complexity index is 540. The zero-order chi connectivity index (χ0) is 15.2. The van der Waals surface area contributed by atoms with Crippen LogP contribution in [0.3, 0.4) is 0 Å². The van der Waals surface area contributed by atoms with Gasteiger partial charge in [0.2, 0.25) is 5.91 Å². The van der Waals surface area contributed by atoms with Crippen molar-refractivity contribution < 1.29 is 9.53 Å². The number of carbonyl (C=O) groups is 1. The highest BCUT2D eigenvalue weighted by Gasteiger charge is 2.25. The van der Waals surface area contributed by atoms with Gasteiger partial charge in [0.15, 0.2) is 0 Å². The summed E-state index contributed by atoms with van der Waals surface area (Å²) in [5.74, 6) is 0.678. The molecule has 2 rings (SSSR count). The molecular weight excluding hydrogens is 306 g/mol. The van der Waals surface area contributed by atoms with Gasteiger partial charge in [-0.25, -0.2) is 4.98 Å². The molecule has 0 spiro atoms. The number of methoxy groups -OCH3 is 1.